The monoisotopic (exact) mass is 244 g/mol. The molecule has 1 atom stereocenters. The fraction of sp³-hybridized carbons (Fsp3) is 1.00. The molecule has 0 radical (unpaired) electrons. The van der Waals surface area contributed by atoms with Gasteiger partial charge in [-0.25, -0.2) is 0 Å². The average molecular weight is 244 g/mol. The summed E-state index contributed by atoms with van der Waals surface area (Å²) in [6.07, 6.45) is 5.28. The summed E-state index contributed by atoms with van der Waals surface area (Å²) < 4.78 is 12.3. The summed E-state index contributed by atoms with van der Waals surface area (Å²) in [5.74, 6) is 0.741. The molecule has 0 aromatic rings. The molecule has 0 spiro atoms. The summed E-state index contributed by atoms with van der Waals surface area (Å²) in [6.45, 7) is 10.4. The van der Waals surface area contributed by atoms with E-state index >= 15 is 0 Å². The first-order valence-corrected chi connectivity index (χ1v) is 9.06. The van der Waals surface area contributed by atoms with Crippen LogP contribution in [0.3, 0.4) is 0 Å². The van der Waals surface area contributed by atoms with Gasteiger partial charge in [0, 0.05) is 18.8 Å². The summed E-state index contributed by atoms with van der Waals surface area (Å²) >= 11 is 0. The van der Waals surface area contributed by atoms with E-state index in [2.05, 4.69) is 27.7 Å². The van der Waals surface area contributed by atoms with Gasteiger partial charge in [-0.1, -0.05) is 26.7 Å². The zero-order chi connectivity index (χ0) is 12.0. The molecule has 3 heteroatoms. The molecule has 1 rings (SSSR count). The first-order chi connectivity index (χ1) is 7.68. The highest BCUT2D eigenvalue weighted by Gasteiger charge is 2.48. The quantitative estimate of drug-likeness (QED) is 0.598. The highest BCUT2D eigenvalue weighted by Crippen LogP contribution is 2.45. The van der Waals surface area contributed by atoms with Crippen LogP contribution in [0.5, 0.6) is 0 Å². The lowest BCUT2D eigenvalue weighted by molar-refractivity contribution is 0.153. The maximum Gasteiger partial charge on any atom is 0.341 e. The van der Waals surface area contributed by atoms with Gasteiger partial charge in [0.2, 0.25) is 0 Å². The van der Waals surface area contributed by atoms with Crippen LogP contribution in [-0.4, -0.2) is 21.8 Å². The van der Waals surface area contributed by atoms with Gasteiger partial charge in [-0.05, 0) is 38.7 Å². The second-order valence-electron chi connectivity index (χ2n) is 5.02. The van der Waals surface area contributed by atoms with Crippen LogP contribution in [0.4, 0.5) is 0 Å². The highest BCUT2D eigenvalue weighted by atomic mass is 28.4. The molecule has 0 N–H and O–H groups in total. The Balaban J connectivity index is 2.68. The van der Waals surface area contributed by atoms with Crippen molar-refractivity contribution in [3.05, 3.63) is 0 Å². The van der Waals surface area contributed by atoms with E-state index in [-0.39, 0.29) is 0 Å². The van der Waals surface area contributed by atoms with E-state index < -0.39 is 8.56 Å². The van der Waals surface area contributed by atoms with Crippen molar-refractivity contribution in [1.29, 1.82) is 0 Å². The molecule has 1 saturated carbocycles. The molecule has 1 aliphatic carbocycles. The zero-order valence-corrected chi connectivity index (χ0v) is 12.4. The lowest BCUT2D eigenvalue weighted by atomic mass is 10.00. The van der Waals surface area contributed by atoms with E-state index in [1.807, 2.05) is 0 Å². The smallest absolute Gasteiger partial charge is 0.341 e. The van der Waals surface area contributed by atoms with E-state index in [0.29, 0.717) is 0 Å². The normalized spacial score (nSPS) is 19.5. The van der Waals surface area contributed by atoms with E-state index in [1.165, 1.54) is 31.7 Å². The topological polar surface area (TPSA) is 18.5 Å². The van der Waals surface area contributed by atoms with Crippen molar-refractivity contribution < 1.29 is 8.85 Å². The van der Waals surface area contributed by atoms with Gasteiger partial charge in [-0.2, -0.15) is 0 Å². The van der Waals surface area contributed by atoms with Crippen molar-refractivity contribution in [2.24, 2.45) is 5.92 Å². The molecule has 1 unspecified atom stereocenters. The summed E-state index contributed by atoms with van der Waals surface area (Å²) in [7, 11) is -1.90. The zero-order valence-electron chi connectivity index (χ0n) is 11.4. The van der Waals surface area contributed by atoms with E-state index in [4.69, 9.17) is 8.85 Å². The van der Waals surface area contributed by atoms with Crippen LogP contribution in [0, 0.1) is 5.92 Å². The summed E-state index contributed by atoms with van der Waals surface area (Å²) in [5, 5.41) is 0. The Morgan fingerprint density at radius 1 is 1.12 bits per heavy atom. The Labute approximate surface area is 102 Å². The van der Waals surface area contributed by atoms with Gasteiger partial charge in [-0.15, -0.1) is 0 Å². The third-order valence-corrected chi connectivity index (χ3v) is 8.48. The number of rotatable bonds is 8. The first-order valence-electron chi connectivity index (χ1n) is 6.96. The molecular formula is C13H28O2Si. The minimum absolute atomic E-state index is 0.741. The Morgan fingerprint density at radius 2 is 1.69 bits per heavy atom. The molecule has 0 saturated heterocycles. The number of hydrogen-bond donors (Lipinski definition) is 0. The average Bonchev–Trinajstić information content (AvgIpc) is 2.15. The van der Waals surface area contributed by atoms with Crippen LogP contribution in [0.15, 0.2) is 0 Å². The van der Waals surface area contributed by atoms with Gasteiger partial charge in [0.1, 0.15) is 0 Å². The standard InChI is InChI=1S/C13H28O2Si/c1-5-12(4)11-16(14-6-2,15-7-3)13-9-8-10-13/h12-13H,5-11H2,1-4H3. The van der Waals surface area contributed by atoms with Gasteiger partial charge in [0.05, 0.1) is 0 Å². The number of hydrogen-bond acceptors (Lipinski definition) is 2. The van der Waals surface area contributed by atoms with Crippen molar-refractivity contribution in [3.63, 3.8) is 0 Å². The first kappa shape index (κ1) is 14.2. The van der Waals surface area contributed by atoms with Gasteiger partial charge in [0.15, 0.2) is 0 Å². The second-order valence-corrected chi connectivity index (χ2v) is 8.45. The van der Waals surface area contributed by atoms with E-state index in [0.717, 1.165) is 24.7 Å². The molecule has 16 heavy (non-hydrogen) atoms. The Bertz CT molecular complexity index is 186. The lowest BCUT2D eigenvalue weighted by Gasteiger charge is -2.42. The Kier molecular flexibility index (Phi) is 6.01. The van der Waals surface area contributed by atoms with Gasteiger partial charge in [0.25, 0.3) is 0 Å². The lowest BCUT2D eigenvalue weighted by Crippen LogP contribution is -2.50. The van der Waals surface area contributed by atoms with Crippen LogP contribution in [0.2, 0.25) is 11.6 Å². The molecular weight excluding hydrogens is 216 g/mol. The highest BCUT2D eigenvalue weighted by molar-refractivity contribution is 6.69. The van der Waals surface area contributed by atoms with Crippen molar-refractivity contribution in [2.45, 2.75) is 65.0 Å². The summed E-state index contributed by atoms with van der Waals surface area (Å²) in [6, 6.07) is 1.19. The minimum Gasteiger partial charge on any atom is -0.394 e. The third-order valence-electron chi connectivity index (χ3n) is 3.83. The van der Waals surface area contributed by atoms with Gasteiger partial charge >= 0.3 is 8.56 Å². The van der Waals surface area contributed by atoms with Crippen LogP contribution < -0.4 is 0 Å². The molecule has 0 aliphatic heterocycles. The summed E-state index contributed by atoms with van der Waals surface area (Å²) in [4.78, 5) is 0. The fourth-order valence-corrected chi connectivity index (χ4v) is 7.18. The van der Waals surface area contributed by atoms with Crippen LogP contribution in [-0.2, 0) is 8.85 Å². The molecule has 0 aromatic heterocycles. The fourth-order valence-electron chi connectivity index (χ4n) is 2.53. The maximum absolute atomic E-state index is 6.16. The molecule has 1 fully saturated rings. The molecule has 1 aliphatic rings. The molecule has 0 amide bonds. The predicted octanol–water partition coefficient (Wildman–Crippen LogP) is 4.10. The SMILES string of the molecule is CCO[Si](CC(C)CC)(OCC)C1CCC1. The minimum atomic E-state index is -1.90. The molecule has 2 nitrogen and oxygen atoms in total. The Hall–Kier alpha value is 0.137. The maximum atomic E-state index is 6.16. The predicted molar refractivity (Wildman–Crippen MR) is 70.9 cm³/mol. The van der Waals surface area contributed by atoms with E-state index in [9.17, 15) is 0 Å². The van der Waals surface area contributed by atoms with Crippen LogP contribution >= 0.6 is 0 Å². The van der Waals surface area contributed by atoms with Gasteiger partial charge in [-0.3, -0.25) is 0 Å². The van der Waals surface area contributed by atoms with Crippen LogP contribution in [0.25, 0.3) is 0 Å². The molecule has 0 aromatic carbocycles. The van der Waals surface area contributed by atoms with Crippen molar-refractivity contribution in [3.8, 4) is 0 Å². The van der Waals surface area contributed by atoms with E-state index in [1.54, 1.807) is 0 Å². The second kappa shape index (κ2) is 6.77. The Morgan fingerprint density at radius 3 is 2.00 bits per heavy atom. The third kappa shape index (κ3) is 3.31. The molecule has 0 heterocycles. The molecule has 96 valence electrons. The van der Waals surface area contributed by atoms with Crippen LogP contribution in [0.1, 0.15) is 53.4 Å². The largest absolute Gasteiger partial charge is 0.394 e. The summed E-state index contributed by atoms with van der Waals surface area (Å²) in [5.41, 5.74) is 0.765. The van der Waals surface area contributed by atoms with Crippen molar-refractivity contribution in [2.75, 3.05) is 13.2 Å². The van der Waals surface area contributed by atoms with Crippen molar-refractivity contribution >= 4 is 8.56 Å². The van der Waals surface area contributed by atoms with Crippen molar-refractivity contribution in [1.82, 2.24) is 0 Å². The van der Waals surface area contributed by atoms with Gasteiger partial charge < -0.3 is 8.85 Å². The molecule has 0 bridgehead atoms.